The zero-order valence-electron chi connectivity index (χ0n) is 38.5. The molecule has 0 fully saturated rings. The van der Waals surface area contributed by atoms with Crippen molar-refractivity contribution < 1.29 is 4.42 Å². The topological polar surface area (TPSA) is 42.8 Å². The zero-order chi connectivity index (χ0) is 43.6. The van der Waals surface area contributed by atoms with Gasteiger partial charge in [0, 0.05) is 43.9 Å². The molecule has 4 heteroatoms. The summed E-state index contributed by atoms with van der Waals surface area (Å²) in [6.45, 7) is 29.1. The molecule has 0 amide bonds. The number of hydrogen-bond donors (Lipinski definition) is 0. The number of fused-ring (bicyclic) bond motifs is 3. The fourth-order valence-corrected chi connectivity index (χ4v) is 9.18. The lowest BCUT2D eigenvalue weighted by Crippen LogP contribution is -2.17. The predicted molar refractivity (Wildman–Crippen MR) is 264 cm³/mol. The number of para-hydroxylation sites is 2. The van der Waals surface area contributed by atoms with Crippen LogP contribution in [0.25, 0.3) is 60.2 Å². The molecule has 61 heavy (non-hydrogen) atoms. The molecule has 1 unspecified atom stereocenters. The minimum atomic E-state index is -0.137. The number of benzene rings is 7. The summed E-state index contributed by atoms with van der Waals surface area (Å²) in [7, 11) is 0. The summed E-state index contributed by atoms with van der Waals surface area (Å²) in [6.07, 6.45) is 0. The first-order valence-electron chi connectivity index (χ1n) is 22.1. The van der Waals surface area contributed by atoms with E-state index in [1.807, 2.05) is 13.8 Å². The number of hydrogen-bond acceptors (Lipinski definition) is 2. The zero-order valence-corrected chi connectivity index (χ0v) is 38.5. The Balaban J connectivity index is 0.00000253. The molecule has 0 radical (unpaired) electrons. The van der Waals surface area contributed by atoms with Crippen LogP contribution in [0.1, 0.15) is 129 Å². The van der Waals surface area contributed by atoms with Crippen LogP contribution in [-0.4, -0.2) is 16.1 Å². The highest BCUT2D eigenvalue weighted by molar-refractivity contribution is 6.29. The standard InChI is InChI=1S/C55H55N3O.C2H6/c1-33(35-21-14-12-15-22-35)56-52(40-26-20-28-46-47(40)39-25-18-19-27-45(39)58(46)36-23-16-13-17-24-36)57-34(2)41-31-42(53(3,4)5)37-29-30-38-43(54(6,7)8)32-44(55(9,10)11)51-49(38)48(37)50(41)59-51;1-2/h12-33H,1-11H3;1-2H3. The SMILES string of the molecule is CC.CC(=NC(=NC(C)c1ccccc1)c1cccc2c1c1ccccc1n2-c1ccccc1)c1cc(C(C)(C)C)c2ccc3c(C(C)(C)C)cc(C(C)(C)C)c4oc1c2c34. The average molecular weight is 804 g/mol. The van der Waals surface area contributed by atoms with Crippen molar-refractivity contribution in [1.29, 1.82) is 0 Å². The summed E-state index contributed by atoms with van der Waals surface area (Å²) in [5.74, 6) is 0.698. The van der Waals surface area contributed by atoms with E-state index in [0.717, 1.165) is 55.7 Å². The molecule has 0 spiro atoms. The highest BCUT2D eigenvalue weighted by atomic mass is 16.3. The molecule has 0 aliphatic heterocycles. The third kappa shape index (κ3) is 7.24. The lowest BCUT2D eigenvalue weighted by atomic mass is 9.76. The molecule has 7 aromatic carbocycles. The van der Waals surface area contributed by atoms with Gasteiger partial charge in [0.25, 0.3) is 0 Å². The Morgan fingerprint density at radius 2 is 1.07 bits per heavy atom. The average Bonchev–Trinajstić information content (AvgIpc) is 3.80. The van der Waals surface area contributed by atoms with E-state index in [-0.39, 0.29) is 22.3 Å². The van der Waals surface area contributed by atoms with E-state index in [0.29, 0.717) is 5.84 Å². The monoisotopic (exact) mass is 803 g/mol. The molecule has 1 atom stereocenters. The lowest BCUT2D eigenvalue weighted by Gasteiger charge is -2.27. The van der Waals surface area contributed by atoms with E-state index >= 15 is 0 Å². The van der Waals surface area contributed by atoms with Gasteiger partial charge in [-0.25, -0.2) is 4.99 Å². The van der Waals surface area contributed by atoms with Gasteiger partial charge in [0.2, 0.25) is 0 Å². The second-order valence-electron chi connectivity index (χ2n) is 19.5. The summed E-state index contributed by atoms with van der Waals surface area (Å²) in [6, 6.07) is 45.7. The Hall–Kier alpha value is -6.00. The molecule has 0 N–H and O–H groups in total. The Kier molecular flexibility index (Phi) is 10.6. The van der Waals surface area contributed by atoms with E-state index < -0.39 is 0 Å². The molecule has 0 bridgehead atoms. The highest BCUT2D eigenvalue weighted by Gasteiger charge is 2.32. The van der Waals surface area contributed by atoms with Crippen LogP contribution < -0.4 is 0 Å². The number of rotatable bonds is 5. The first-order chi connectivity index (χ1) is 29.0. The first-order valence-corrected chi connectivity index (χ1v) is 22.1. The third-order valence-corrected chi connectivity index (χ3v) is 12.1. The Morgan fingerprint density at radius 1 is 0.525 bits per heavy atom. The van der Waals surface area contributed by atoms with Crippen molar-refractivity contribution in [2.45, 2.75) is 112 Å². The summed E-state index contributed by atoms with van der Waals surface area (Å²) < 4.78 is 9.61. The van der Waals surface area contributed by atoms with Crippen molar-refractivity contribution in [1.82, 2.24) is 4.57 Å². The summed E-state index contributed by atoms with van der Waals surface area (Å²) in [4.78, 5) is 11.2. The first kappa shape index (κ1) is 41.7. The van der Waals surface area contributed by atoms with Gasteiger partial charge in [-0.15, -0.1) is 0 Å². The maximum Gasteiger partial charge on any atom is 0.156 e. The molecule has 9 aromatic rings. The van der Waals surface area contributed by atoms with Crippen molar-refractivity contribution in [2.24, 2.45) is 9.98 Å². The van der Waals surface area contributed by atoms with Gasteiger partial charge in [0.05, 0.1) is 22.8 Å². The fraction of sp³-hybridized carbons (Fsp3) is 0.298. The van der Waals surface area contributed by atoms with Crippen LogP contribution >= 0.6 is 0 Å². The lowest BCUT2D eigenvalue weighted by molar-refractivity contribution is 0.561. The summed E-state index contributed by atoms with van der Waals surface area (Å²) in [5.41, 5.74) is 12.8. The van der Waals surface area contributed by atoms with Crippen LogP contribution in [0, 0.1) is 0 Å². The maximum atomic E-state index is 7.25. The van der Waals surface area contributed by atoms with Crippen LogP contribution in [0.2, 0.25) is 0 Å². The maximum absolute atomic E-state index is 7.25. The van der Waals surface area contributed by atoms with Crippen molar-refractivity contribution in [3.8, 4) is 5.69 Å². The van der Waals surface area contributed by atoms with Crippen molar-refractivity contribution in [3.05, 3.63) is 161 Å². The smallest absolute Gasteiger partial charge is 0.156 e. The van der Waals surface area contributed by atoms with Crippen LogP contribution in [0.5, 0.6) is 0 Å². The number of nitrogens with zero attached hydrogens (tertiary/aromatic N) is 3. The van der Waals surface area contributed by atoms with Crippen molar-refractivity contribution in [2.75, 3.05) is 0 Å². The van der Waals surface area contributed by atoms with E-state index in [4.69, 9.17) is 14.4 Å². The van der Waals surface area contributed by atoms with Gasteiger partial charge in [-0.2, -0.15) is 0 Å². The molecule has 310 valence electrons. The van der Waals surface area contributed by atoms with Gasteiger partial charge >= 0.3 is 0 Å². The molecule has 0 aliphatic carbocycles. The van der Waals surface area contributed by atoms with Gasteiger partial charge in [-0.1, -0.05) is 173 Å². The Labute approximate surface area is 362 Å². The van der Waals surface area contributed by atoms with Crippen LogP contribution in [0.3, 0.4) is 0 Å². The van der Waals surface area contributed by atoms with Gasteiger partial charge < -0.3 is 8.98 Å². The molecule has 2 heterocycles. The number of aliphatic imine (C=N–C) groups is 2. The van der Waals surface area contributed by atoms with E-state index in [1.54, 1.807) is 0 Å². The largest absolute Gasteiger partial charge is 0.455 e. The van der Waals surface area contributed by atoms with Gasteiger partial charge in [-0.05, 0) is 87.9 Å². The molecule has 0 saturated heterocycles. The summed E-state index contributed by atoms with van der Waals surface area (Å²) >= 11 is 0. The number of amidine groups is 1. The molecular formula is C57H61N3O. The second kappa shape index (κ2) is 15.5. The minimum Gasteiger partial charge on any atom is -0.455 e. The number of aromatic nitrogens is 1. The Bertz CT molecular complexity index is 3100. The molecule has 2 aromatic heterocycles. The second-order valence-corrected chi connectivity index (χ2v) is 19.5. The van der Waals surface area contributed by atoms with Crippen LogP contribution in [0.15, 0.2) is 142 Å². The quantitative estimate of drug-likeness (QED) is 0.0971. The normalized spacial score (nSPS) is 13.8. The summed E-state index contributed by atoms with van der Waals surface area (Å²) in [5, 5.41) is 7.22. The Morgan fingerprint density at radius 3 is 1.69 bits per heavy atom. The van der Waals surface area contributed by atoms with Gasteiger partial charge in [-0.3, -0.25) is 4.99 Å². The third-order valence-electron chi connectivity index (χ3n) is 12.1. The highest BCUT2D eigenvalue weighted by Crippen LogP contribution is 2.48. The van der Waals surface area contributed by atoms with Crippen molar-refractivity contribution in [3.63, 3.8) is 0 Å². The van der Waals surface area contributed by atoms with Crippen LogP contribution in [0.4, 0.5) is 0 Å². The minimum absolute atomic E-state index is 0.0533. The van der Waals surface area contributed by atoms with Gasteiger partial charge in [0.15, 0.2) is 5.84 Å². The van der Waals surface area contributed by atoms with Crippen molar-refractivity contribution >= 4 is 66.1 Å². The molecule has 0 aliphatic rings. The van der Waals surface area contributed by atoms with E-state index in [1.165, 1.54) is 43.6 Å². The molecule has 0 saturated carbocycles. The van der Waals surface area contributed by atoms with Crippen LogP contribution in [-0.2, 0) is 16.2 Å². The molecule has 9 rings (SSSR count). The molecular weight excluding hydrogens is 743 g/mol. The predicted octanol–water partition coefficient (Wildman–Crippen LogP) is 16.2. The number of furan rings is 1. The van der Waals surface area contributed by atoms with E-state index in [9.17, 15) is 0 Å². The van der Waals surface area contributed by atoms with E-state index in [2.05, 4.69) is 208 Å². The molecule has 4 nitrogen and oxygen atoms in total. The van der Waals surface area contributed by atoms with Gasteiger partial charge in [0.1, 0.15) is 11.2 Å². The fourth-order valence-electron chi connectivity index (χ4n) is 9.18.